The minimum absolute atomic E-state index is 0.473. The summed E-state index contributed by atoms with van der Waals surface area (Å²) >= 11 is 8.74. The van der Waals surface area contributed by atoms with Crippen molar-refractivity contribution < 1.29 is 9.47 Å². The molecule has 0 unspecified atom stereocenters. The van der Waals surface area contributed by atoms with Gasteiger partial charge in [0.25, 0.3) is 0 Å². The lowest BCUT2D eigenvalue weighted by Crippen LogP contribution is -2.13. The molecule has 0 bridgehead atoms. The monoisotopic (exact) mass is 448 g/mol. The zero-order chi connectivity index (χ0) is 19.2. The number of aromatic nitrogens is 3. The Morgan fingerprint density at radius 3 is 2.63 bits per heavy atom. The molecule has 6 nitrogen and oxygen atoms in total. The van der Waals surface area contributed by atoms with E-state index in [9.17, 15) is 0 Å². The van der Waals surface area contributed by atoms with Gasteiger partial charge in [0, 0.05) is 0 Å². The third-order valence-corrected chi connectivity index (χ3v) is 4.76. The van der Waals surface area contributed by atoms with Crippen molar-refractivity contribution in [2.75, 3.05) is 12.0 Å². The molecule has 1 aromatic heterocycles. The predicted molar refractivity (Wildman–Crippen MR) is 111 cm³/mol. The molecule has 0 aliphatic rings. The van der Waals surface area contributed by atoms with E-state index in [4.69, 9.17) is 21.7 Å². The lowest BCUT2D eigenvalue weighted by atomic mass is 10.1. The number of rotatable bonds is 8. The van der Waals surface area contributed by atoms with Gasteiger partial charge in [-0.25, -0.2) is 4.68 Å². The second-order valence-corrected chi connectivity index (χ2v) is 7.22. The summed E-state index contributed by atoms with van der Waals surface area (Å²) < 4.78 is 14.9. The van der Waals surface area contributed by atoms with Crippen molar-refractivity contribution in [2.45, 2.75) is 27.0 Å². The van der Waals surface area contributed by atoms with Crippen LogP contribution in [-0.2, 0) is 13.2 Å². The first kappa shape index (κ1) is 19.4. The van der Waals surface area contributed by atoms with Crippen molar-refractivity contribution >= 4 is 28.1 Å². The zero-order valence-corrected chi connectivity index (χ0v) is 17.6. The fraction of sp³-hybridized carbons (Fsp3) is 0.263. The van der Waals surface area contributed by atoms with E-state index in [0.29, 0.717) is 36.0 Å². The topological polar surface area (TPSA) is 64.1 Å². The maximum Gasteiger partial charge on any atom is 0.214 e. The third kappa shape index (κ3) is 5.11. The minimum atomic E-state index is 0.473. The van der Waals surface area contributed by atoms with Crippen LogP contribution in [0.2, 0.25) is 0 Å². The Labute approximate surface area is 171 Å². The molecule has 0 spiro atoms. The lowest BCUT2D eigenvalue weighted by molar-refractivity contribution is 0.267. The van der Waals surface area contributed by atoms with E-state index in [2.05, 4.69) is 62.7 Å². The molecule has 0 radical (unpaired) electrons. The van der Waals surface area contributed by atoms with Gasteiger partial charge in [0.2, 0.25) is 4.77 Å². The van der Waals surface area contributed by atoms with Crippen LogP contribution in [-0.4, -0.2) is 21.5 Å². The molecule has 0 aliphatic heterocycles. The summed E-state index contributed by atoms with van der Waals surface area (Å²) in [5, 5.41) is 6.59. The molecule has 8 heteroatoms. The van der Waals surface area contributed by atoms with E-state index in [1.807, 2.05) is 19.1 Å². The summed E-state index contributed by atoms with van der Waals surface area (Å²) in [6, 6.07) is 12.3. The van der Waals surface area contributed by atoms with Crippen molar-refractivity contribution in [1.82, 2.24) is 14.9 Å². The molecular weight excluding hydrogens is 428 g/mol. The van der Waals surface area contributed by atoms with Gasteiger partial charge in [-0.3, -0.25) is 5.10 Å². The van der Waals surface area contributed by atoms with Gasteiger partial charge in [0.15, 0.2) is 11.5 Å². The summed E-state index contributed by atoms with van der Waals surface area (Å²) in [5.41, 5.74) is 6.55. The van der Waals surface area contributed by atoms with Crippen LogP contribution >= 0.6 is 28.1 Å². The van der Waals surface area contributed by atoms with Gasteiger partial charge in [0.1, 0.15) is 12.9 Å². The van der Waals surface area contributed by atoms with Crippen LogP contribution in [0.15, 0.2) is 47.2 Å². The molecule has 142 valence electrons. The normalized spacial score (nSPS) is 10.6. The lowest BCUT2D eigenvalue weighted by Gasteiger charge is -2.16. The number of benzene rings is 2. The highest BCUT2D eigenvalue weighted by atomic mass is 79.9. The molecule has 0 atom stereocenters. The smallest absolute Gasteiger partial charge is 0.214 e. The van der Waals surface area contributed by atoms with E-state index >= 15 is 0 Å². The third-order valence-electron chi connectivity index (χ3n) is 3.88. The van der Waals surface area contributed by atoms with Crippen LogP contribution in [0.3, 0.4) is 0 Å². The Bertz CT molecular complexity index is 953. The van der Waals surface area contributed by atoms with Gasteiger partial charge in [0.05, 0.1) is 17.6 Å². The number of halogens is 1. The Morgan fingerprint density at radius 2 is 1.96 bits per heavy atom. The number of nitrogens with zero attached hydrogens (tertiary/aromatic N) is 2. The van der Waals surface area contributed by atoms with Crippen molar-refractivity contribution in [3.8, 4) is 11.5 Å². The number of aromatic amines is 1. The molecule has 27 heavy (non-hydrogen) atoms. The average molecular weight is 449 g/mol. The van der Waals surface area contributed by atoms with E-state index in [-0.39, 0.29) is 0 Å². The van der Waals surface area contributed by atoms with Crippen LogP contribution in [0.4, 0.5) is 0 Å². The van der Waals surface area contributed by atoms with E-state index in [1.54, 1.807) is 11.0 Å². The predicted octanol–water partition coefficient (Wildman–Crippen LogP) is 4.73. The first-order valence-corrected chi connectivity index (χ1v) is 9.76. The number of nitrogens with one attached hydrogen (secondary N) is 2. The van der Waals surface area contributed by atoms with Crippen molar-refractivity contribution in [2.24, 2.45) is 0 Å². The van der Waals surface area contributed by atoms with Gasteiger partial charge < -0.3 is 14.9 Å². The molecule has 0 fully saturated rings. The highest BCUT2D eigenvalue weighted by Crippen LogP contribution is 2.37. The Morgan fingerprint density at radius 1 is 1.19 bits per heavy atom. The number of aryl methyl sites for hydroxylation is 1. The van der Waals surface area contributed by atoms with Gasteiger partial charge in [-0.2, -0.15) is 5.10 Å². The second-order valence-electron chi connectivity index (χ2n) is 5.98. The fourth-order valence-electron chi connectivity index (χ4n) is 2.50. The van der Waals surface area contributed by atoms with Gasteiger partial charge in [-0.1, -0.05) is 29.8 Å². The van der Waals surface area contributed by atoms with Gasteiger partial charge in [-0.05, 0) is 65.3 Å². The maximum atomic E-state index is 6.04. The highest BCUT2D eigenvalue weighted by molar-refractivity contribution is 9.10. The summed E-state index contributed by atoms with van der Waals surface area (Å²) in [6.07, 6.45) is 1.60. The van der Waals surface area contributed by atoms with Crippen molar-refractivity contribution in [3.63, 3.8) is 0 Å². The summed E-state index contributed by atoms with van der Waals surface area (Å²) in [6.45, 7) is 5.60. The van der Waals surface area contributed by atoms with Gasteiger partial charge in [-0.15, -0.1) is 0 Å². The fourth-order valence-corrected chi connectivity index (χ4v) is 3.27. The zero-order valence-electron chi connectivity index (χ0n) is 15.2. The molecule has 1 heterocycles. The standard InChI is InChI=1S/C19H21BrN4O2S/c1-3-25-17-9-15(10-22-24-12-21-23-19(24)27)8-16(20)18(17)26-11-14-6-4-13(2)5-7-14/h4-9,12,22H,3,10-11H2,1-2H3,(H,23,27). The summed E-state index contributed by atoms with van der Waals surface area (Å²) in [5.74, 6) is 1.40. The van der Waals surface area contributed by atoms with Gasteiger partial charge >= 0.3 is 0 Å². The van der Waals surface area contributed by atoms with E-state index in [1.165, 1.54) is 5.56 Å². The van der Waals surface area contributed by atoms with Crippen LogP contribution in [0.25, 0.3) is 0 Å². The molecule has 3 aromatic rings. The van der Waals surface area contributed by atoms with E-state index < -0.39 is 0 Å². The number of hydrogen-bond donors (Lipinski definition) is 2. The molecule has 2 N–H and O–H groups in total. The molecule has 2 aromatic carbocycles. The molecule has 0 amide bonds. The molecule has 0 saturated heterocycles. The summed E-state index contributed by atoms with van der Waals surface area (Å²) in [4.78, 5) is 0. The van der Waals surface area contributed by atoms with E-state index in [0.717, 1.165) is 15.6 Å². The van der Waals surface area contributed by atoms with Crippen LogP contribution in [0, 0.1) is 11.7 Å². The molecule has 0 aliphatic carbocycles. The second kappa shape index (κ2) is 9.05. The summed E-state index contributed by atoms with van der Waals surface area (Å²) in [7, 11) is 0. The molecule has 3 rings (SSSR count). The van der Waals surface area contributed by atoms with Crippen LogP contribution in [0.5, 0.6) is 11.5 Å². The largest absolute Gasteiger partial charge is 0.490 e. The quantitative estimate of drug-likeness (QED) is 0.487. The average Bonchev–Trinajstić information content (AvgIpc) is 3.06. The van der Waals surface area contributed by atoms with Crippen LogP contribution in [0.1, 0.15) is 23.6 Å². The van der Waals surface area contributed by atoms with Crippen molar-refractivity contribution in [3.05, 3.63) is 68.7 Å². The Balaban J connectivity index is 1.75. The number of ether oxygens (including phenoxy) is 2. The Kier molecular flexibility index (Phi) is 6.52. The SMILES string of the molecule is CCOc1cc(CNn2cn[nH]c2=S)cc(Br)c1OCc1ccc(C)cc1. The van der Waals surface area contributed by atoms with Crippen molar-refractivity contribution in [1.29, 1.82) is 0 Å². The maximum absolute atomic E-state index is 6.04. The molecule has 0 saturated carbocycles. The number of H-pyrrole nitrogens is 1. The van der Waals surface area contributed by atoms with Crippen LogP contribution < -0.4 is 14.9 Å². The Hall–Kier alpha value is -2.32. The first-order chi connectivity index (χ1) is 13.1. The minimum Gasteiger partial charge on any atom is -0.490 e. The first-order valence-electron chi connectivity index (χ1n) is 8.56. The highest BCUT2D eigenvalue weighted by Gasteiger charge is 2.13. The number of hydrogen-bond acceptors (Lipinski definition) is 5. The molecular formula is C19H21BrN4O2S.